The van der Waals surface area contributed by atoms with Crippen molar-refractivity contribution in [2.24, 2.45) is 0 Å². The second-order valence-electron chi connectivity index (χ2n) is 7.04. The molecule has 4 nitrogen and oxygen atoms in total. The highest BCUT2D eigenvalue weighted by molar-refractivity contribution is 5.91. The van der Waals surface area contributed by atoms with Crippen LogP contribution in [-0.4, -0.2) is 41.6 Å². The maximum atomic E-state index is 13.3. The van der Waals surface area contributed by atoms with Crippen molar-refractivity contribution >= 4 is 16.8 Å². The third-order valence-electron chi connectivity index (χ3n) is 5.22. The van der Waals surface area contributed by atoms with E-state index in [0.717, 1.165) is 27.7 Å². The quantitative estimate of drug-likeness (QED) is 0.754. The van der Waals surface area contributed by atoms with Gasteiger partial charge in [0, 0.05) is 29.6 Å². The molecule has 2 aromatic carbocycles. The monoisotopic (exact) mass is 366 g/mol. The number of nitrogens with one attached hydrogen (secondary N) is 1. The molecule has 1 atom stereocenters. The molecule has 0 spiro atoms. The number of carbonyl (C=O) groups excluding carboxylic acids is 1. The number of benzene rings is 2. The summed E-state index contributed by atoms with van der Waals surface area (Å²) in [5.41, 5.74) is 4.01. The van der Waals surface area contributed by atoms with E-state index in [4.69, 9.17) is 4.74 Å². The molecule has 0 unspecified atom stereocenters. The summed E-state index contributed by atoms with van der Waals surface area (Å²) in [6, 6.07) is 14.7. The number of fused-ring (bicyclic) bond motifs is 1. The Labute approximate surface area is 157 Å². The summed E-state index contributed by atoms with van der Waals surface area (Å²) in [5.74, 6) is -0.103. The lowest BCUT2D eigenvalue weighted by Gasteiger charge is -2.33. The van der Waals surface area contributed by atoms with Crippen molar-refractivity contribution < 1.29 is 13.9 Å². The van der Waals surface area contributed by atoms with Crippen molar-refractivity contribution in [1.82, 2.24) is 9.88 Å². The van der Waals surface area contributed by atoms with Gasteiger partial charge in [0.2, 0.25) is 5.91 Å². The van der Waals surface area contributed by atoms with Gasteiger partial charge in [0.15, 0.2) is 0 Å². The molecule has 4 rings (SSSR count). The number of ether oxygens (including phenoxy) is 1. The number of nitrogens with zero attached hydrogens (tertiary/aromatic N) is 1. The van der Waals surface area contributed by atoms with Gasteiger partial charge in [0.25, 0.3) is 0 Å². The molecule has 1 N–H and O–H groups in total. The van der Waals surface area contributed by atoms with E-state index in [1.54, 1.807) is 12.1 Å². The Kier molecular flexibility index (Phi) is 4.94. The molecule has 0 radical (unpaired) electrons. The number of para-hydroxylation sites is 1. The molecule has 1 aromatic heterocycles. The lowest BCUT2D eigenvalue weighted by atomic mass is 10.0. The summed E-state index contributed by atoms with van der Waals surface area (Å²) >= 11 is 0. The topological polar surface area (TPSA) is 45.3 Å². The Balaban J connectivity index is 1.63. The van der Waals surface area contributed by atoms with E-state index in [9.17, 15) is 9.18 Å². The minimum atomic E-state index is -0.257. The Morgan fingerprint density at radius 2 is 2.00 bits per heavy atom. The fourth-order valence-corrected chi connectivity index (χ4v) is 3.80. The van der Waals surface area contributed by atoms with Crippen LogP contribution in [0.2, 0.25) is 0 Å². The largest absolute Gasteiger partial charge is 0.377 e. The van der Waals surface area contributed by atoms with Gasteiger partial charge in [-0.2, -0.15) is 0 Å². The minimum Gasteiger partial charge on any atom is -0.377 e. The summed E-state index contributed by atoms with van der Waals surface area (Å²) in [6.45, 7) is 3.87. The van der Waals surface area contributed by atoms with E-state index in [1.165, 1.54) is 12.1 Å². The number of halogens is 1. The van der Waals surface area contributed by atoms with E-state index in [0.29, 0.717) is 32.6 Å². The average Bonchev–Trinajstić information content (AvgIpc) is 3.05. The normalized spacial score (nSPS) is 17.4. The summed E-state index contributed by atoms with van der Waals surface area (Å²) in [5, 5.41) is 1.11. The maximum Gasteiger partial charge on any atom is 0.223 e. The van der Waals surface area contributed by atoms with Crippen LogP contribution in [0.15, 0.2) is 48.5 Å². The van der Waals surface area contributed by atoms with Crippen molar-refractivity contribution in [3.63, 3.8) is 0 Å². The molecule has 1 saturated heterocycles. The summed E-state index contributed by atoms with van der Waals surface area (Å²) in [4.78, 5) is 18.1. The first-order valence-electron chi connectivity index (χ1n) is 9.36. The molecule has 0 aliphatic carbocycles. The standard InChI is InChI=1S/C22H23FN2O2/c1-15-14-27-13-12-25(15)21(26)11-10-19-18-4-2-3-5-20(18)24-22(19)16-6-8-17(23)9-7-16/h2-9,15,24H,10-14H2,1H3/t15-/m0/s1. The SMILES string of the molecule is C[C@H]1COCCN1C(=O)CCc1c(-c2ccc(F)cc2)[nH]c2ccccc12. The number of hydrogen-bond acceptors (Lipinski definition) is 2. The van der Waals surface area contributed by atoms with Gasteiger partial charge >= 0.3 is 0 Å². The highest BCUT2D eigenvalue weighted by Crippen LogP contribution is 2.31. The van der Waals surface area contributed by atoms with Gasteiger partial charge < -0.3 is 14.6 Å². The van der Waals surface area contributed by atoms with Crippen molar-refractivity contribution in [3.05, 3.63) is 59.9 Å². The fourth-order valence-electron chi connectivity index (χ4n) is 3.80. The zero-order valence-corrected chi connectivity index (χ0v) is 15.4. The number of aromatic nitrogens is 1. The highest BCUT2D eigenvalue weighted by atomic mass is 19.1. The number of H-pyrrole nitrogens is 1. The Hall–Kier alpha value is -2.66. The van der Waals surface area contributed by atoms with E-state index < -0.39 is 0 Å². The Morgan fingerprint density at radius 3 is 2.78 bits per heavy atom. The second kappa shape index (κ2) is 7.53. The van der Waals surface area contributed by atoms with Crippen molar-refractivity contribution in [1.29, 1.82) is 0 Å². The zero-order chi connectivity index (χ0) is 18.8. The highest BCUT2D eigenvalue weighted by Gasteiger charge is 2.24. The predicted octanol–water partition coefficient (Wildman–Crippen LogP) is 4.15. The Morgan fingerprint density at radius 1 is 1.22 bits per heavy atom. The van der Waals surface area contributed by atoms with Gasteiger partial charge in [-0.05, 0) is 54.8 Å². The molecule has 0 bridgehead atoms. The molecule has 0 saturated carbocycles. The molecule has 1 fully saturated rings. The third-order valence-corrected chi connectivity index (χ3v) is 5.22. The van der Waals surface area contributed by atoms with Crippen LogP contribution in [0.3, 0.4) is 0 Å². The third kappa shape index (κ3) is 3.60. The fraction of sp³-hybridized carbons (Fsp3) is 0.318. The molecule has 3 aromatic rings. The first-order valence-corrected chi connectivity index (χ1v) is 9.36. The molecule has 5 heteroatoms. The molecular weight excluding hydrogens is 343 g/mol. The lowest BCUT2D eigenvalue weighted by Crippen LogP contribution is -2.47. The van der Waals surface area contributed by atoms with Gasteiger partial charge in [-0.15, -0.1) is 0 Å². The number of rotatable bonds is 4. The smallest absolute Gasteiger partial charge is 0.223 e. The number of aromatic amines is 1. The van der Waals surface area contributed by atoms with Crippen molar-refractivity contribution in [3.8, 4) is 11.3 Å². The van der Waals surface area contributed by atoms with Crippen LogP contribution >= 0.6 is 0 Å². The van der Waals surface area contributed by atoms with Gasteiger partial charge in [0.05, 0.1) is 19.3 Å². The molecule has 27 heavy (non-hydrogen) atoms. The first kappa shape index (κ1) is 17.7. The molecule has 1 aliphatic rings. The van der Waals surface area contributed by atoms with E-state index in [1.807, 2.05) is 30.0 Å². The molecule has 140 valence electrons. The number of amides is 1. The van der Waals surface area contributed by atoms with Crippen LogP contribution in [0.1, 0.15) is 18.9 Å². The minimum absolute atomic E-state index is 0.116. The lowest BCUT2D eigenvalue weighted by molar-refractivity contribution is -0.139. The zero-order valence-electron chi connectivity index (χ0n) is 15.4. The first-order chi connectivity index (χ1) is 13.1. The van der Waals surface area contributed by atoms with Crippen LogP contribution in [-0.2, 0) is 16.0 Å². The number of aryl methyl sites for hydroxylation is 1. The maximum absolute atomic E-state index is 13.3. The van der Waals surface area contributed by atoms with Crippen LogP contribution in [0, 0.1) is 5.82 Å². The summed E-state index contributed by atoms with van der Waals surface area (Å²) in [6.07, 6.45) is 1.08. The predicted molar refractivity (Wildman–Crippen MR) is 104 cm³/mol. The van der Waals surface area contributed by atoms with Gasteiger partial charge in [-0.1, -0.05) is 18.2 Å². The number of morpholine rings is 1. The summed E-state index contributed by atoms with van der Waals surface area (Å²) in [7, 11) is 0. The molecular formula is C22H23FN2O2. The number of hydrogen-bond donors (Lipinski definition) is 1. The van der Waals surface area contributed by atoms with Crippen molar-refractivity contribution in [2.75, 3.05) is 19.8 Å². The molecule has 1 amide bonds. The van der Waals surface area contributed by atoms with Gasteiger partial charge in [-0.25, -0.2) is 4.39 Å². The van der Waals surface area contributed by atoms with Crippen LogP contribution in [0.5, 0.6) is 0 Å². The second-order valence-corrected chi connectivity index (χ2v) is 7.04. The number of carbonyl (C=O) groups is 1. The molecule has 1 aliphatic heterocycles. The van der Waals surface area contributed by atoms with Crippen LogP contribution < -0.4 is 0 Å². The van der Waals surface area contributed by atoms with Crippen LogP contribution in [0.4, 0.5) is 4.39 Å². The molecule has 2 heterocycles. The van der Waals surface area contributed by atoms with Gasteiger partial charge in [0.1, 0.15) is 5.82 Å². The summed E-state index contributed by atoms with van der Waals surface area (Å²) < 4.78 is 18.8. The Bertz CT molecular complexity index is 949. The average molecular weight is 366 g/mol. The van der Waals surface area contributed by atoms with E-state index in [-0.39, 0.29) is 17.8 Å². The van der Waals surface area contributed by atoms with E-state index in [2.05, 4.69) is 11.1 Å². The van der Waals surface area contributed by atoms with Gasteiger partial charge in [-0.3, -0.25) is 4.79 Å². The van der Waals surface area contributed by atoms with E-state index >= 15 is 0 Å². The van der Waals surface area contributed by atoms with Crippen molar-refractivity contribution in [2.45, 2.75) is 25.8 Å². The van der Waals surface area contributed by atoms with Crippen LogP contribution in [0.25, 0.3) is 22.2 Å².